The second-order valence-corrected chi connectivity index (χ2v) is 8.35. The molecule has 2 unspecified atom stereocenters. The van der Waals surface area contributed by atoms with Gasteiger partial charge >= 0.3 is 6.09 Å². The average Bonchev–Trinajstić information content (AvgIpc) is 2.47. The third kappa shape index (κ3) is 3.64. The molecule has 5 nitrogen and oxygen atoms in total. The van der Waals surface area contributed by atoms with Crippen LogP contribution < -0.4 is 0 Å². The number of aryl methyl sites for hydroxylation is 1. The van der Waals surface area contributed by atoms with Gasteiger partial charge < -0.3 is 14.7 Å². The van der Waals surface area contributed by atoms with E-state index in [9.17, 15) is 14.3 Å². The standard InChI is InChI=1S/C19H27FN2O3/c1-12-8-9-15(20)16(21-12)19(24)10-13-6-5-7-14(11-19)22(13)17(23)25-18(2,3)4/h8-9,13-14,24H,5-7,10-11H2,1-4H3. The van der Waals surface area contributed by atoms with E-state index in [1.165, 1.54) is 6.07 Å². The van der Waals surface area contributed by atoms with E-state index in [1.807, 2.05) is 20.8 Å². The Hall–Kier alpha value is -1.69. The fourth-order valence-electron chi connectivity index (χ4n) is 4.10. The van der Waals surface area contributed by atoms with Crippen molar-refractivity contribution >= 4 is 6.09 Å². The van der Waals surface area contributed by atoms with Gasteiger partial charge in [-0.3, -0.25) is 4.98 Å². The molecule has 138 valence electrons. The van der Waals surface area contributed by atoms with Gasteiger partial charge in [-0.2, -0.15) is 0 Å². The predicted octanol–water partition coefficient (Wildman–Crippen LogP) is 3.67. The van der Waals surface area contributed by atoms with Crippen molar-refractivity contribution in [2.45, 2.75) is 83.1 Å². The summed E-state index contributed by atoms with van der Waals surface area (Å²) in [6.45, 7) is 7.30. The average molecular weight is 350 g/mol. The van der Waals surface area contributed by atoms with Crippen molar-refractivity contribution < 1.29 is 19.0 Å². The zero-order valence-electron chi connectivity index (χ0n) is 15.4. The van der Waals surface area contributed by atoms with Crippen molar-refractivity contribution in [3.05, 3.63) is 29.3 Å². The first kappa shape index (κ1) is 18.1. The lowest BCUT2D eigenvalue weighted by molar-refractivity contribution is -0.0999. The Balaban J connectivity index is 1.88. The zero-order chi connectivity index (χ0) is 18.4. The van der Waals surface area contributed by atoms with Crippen molar-refractivity contribution in [3.8, 4) is 0 Å². The zero-order valence-corrected chi connectivity index (χ0v) is 15.4. The Morgan fingerprint density at radius 1 is 1.32 bits per heavy atom. The number of ether oxygens (including phenoxy) is 1. The van der Waals surface area contributed by atoms with E-state index in [2.05, 4.69) is 4.98 Å². The van der Waals surface area contributed by atoms with E-state index in [0.717, 1.165) is 19.3 Å². The largest absolute Gasteiger partial charge is 0.444 e. The van der Waals surface area contributed by atoms with Crippen molar-refractivity contribution in [2.75, 3.05) is 0 Å². The van der Waals surface area contributed by atoms with Crippen LogP contribution in [0.5, 0.6) is 0 Å². The number of halogens is 1. The van der Waals surface area contributed by atoms with E-state index in [1.54, 1.807) is 17.9 Å². The van der Waals surface area contributed by atoms with Crippen LogP contribution in [-0.4, -0.2) is 38.8 Å². The summed E-state index contributed by atoms with van der Waals surface area (Å²) >= 11 is 0. The molecule has 0 saturated carbocycles. The molecule has 0 aromatic carbocycles. The number of hydrogen-bond acceptors (Lipinski definition) is 4. The molecule has 1 aromatic rings. The summed E-state index contributed by atoms with van der Waals surface area (Å²) < 4.78 is 19.9. The molecule has 2 aliphatic rings. The van der Waals surface area contributed by atoms with E-state index < -0.39 is 17.0 Å². The van der Waals surface area contributed by atoms with Gasteiger partial charge in [-0.15, -0.1) is 0 Å². The third-order valence-corrected chi connectivity index (χ3v) is 5.04. The van der Waals surface area contributed by atoms with E-state index in [4.69, 9.17) is 4.74 Å². The van der Waals surface area contributed by atoms with Crippen LogP contribution in [0.25, 0.3) is 0 Å². The van der Waals surface area contributed by atoms with Gasteiger partial charge in [0.15, 0.2) is 0 Å². The molecular formula is C19H27FN2O3. The van der Waals surface area contributed by atoms with Crippen LogP contribution in [0, 0.1) is 12.7 Å². The molecule has 6 heteroatoms. The second kappa shape index (κ2) is 6.24. The predicted molar refractivity (Wildman–Crippen MR) is 91.6 cm³/mol. The van der Waals surface area contributed by atoms with E-state index >= 15 is 0 Å². The fraction of sp³-hybridized carbons (Fsp3) is 0.684. The van der Waals surface area contributed by atoms with Crippen molar-refractivity contribution in [3.63, 3.8) is 0 Å². The van der Waals surface area contributed by atoms with Gasteiger partial charge in [0.25, 0.3) is 0 Å². The molecule has 1 aromatic heterocycles. The maximum Gasteiger partial charge on any atom is 0.410 e. The molecule has 2 fully saturated rings. The SMILES string of the molecule is Cc1ccc(F)c(C2(O)CC3CCCC(C2)N3C(=O)OC(C)(C)C)n1. The van der Waals surface area contributed by atoms with Crippen LogP contribution in [0.4, 0.5) is 9.18 Å². The molecule has 0 aliphatic carbocycles. The van der Waals surface area contributed by atoms with E-state index in [0.29, 0.717) is 5.69 Å². The molecule has 3 heterocycles. The number of amides is 1. The molecular weight excluding hydrogens is 323 g/mol. The molecule has 2 saturated heterocycles. The number of carbonyl (C=O) groups excluding carboxylic acids is 1. The molecule has 25 heavy (non-hydrogen) atoms. The van der Waals surface area contributed by atoms with Gasteiger partial charge in [0.2, 0.25) is 0 Å². The monoisotopic (exact) mass is 350 g/mol. The number of nitrogens with zero attached hydrogens (tertiary/aromatic N) is 2. The highest BCUT2D eigenvalue weighted by atomic mass is 19.1. The highest BCUT2D eigenvalue weighted by molar-refractivity contribution is 5.69. The van der Waals surface area contributed by atoms with Crippen LogP contribution >= 0.6 is 0 Å². The van der Waals surface area contributed by atoms with Crippen LogP contribution in [0.2, 0.25) is 0 Å². The number of aliphatic hydroxyl groups is 1. The number of rotatable bonds is 1. The van der Waals surface area contributed by atoms with Crippen LogP contribution in [0.15, 0.2) is 12.1 Å². The van der Waals surface area contributed by atoms with Crippen molar-refractivity contribution in [2.24, 2.45) is 0 Å². The summed E-state index contributed by atoms with van der Waals surface area (Å²) in [7, 11) is 0. The lowest BCUT2D eigenvalue weighted by atomic mass is 9.74. The third-order valence-electron chi connectivity index (χ3n) is 5.04. The normalized spacial score (nSPS) is 29.4. The van der Waals surface area contributed by atoms with Crippen molar-refractivity contribution in [1.29, 1.82) is 0 Å². The van der Waals surface area contributed by atoms with Crippen LogP contribution in [-0.2, 0) is 10.3 Å². The summed E-state index contributed by atoms with van der Waals surface area (Å²) in [4.78, 5) is 18.7. The molecule has 3 rings (SSSR count). The number of piperidine rings is 2. The minimum Gasteiger partial charge on any atom is -0.444 e. The second-order valence-electron chi connectivity index (χ2n) is 8.35. The summed E-state index contributed by atoms with van der Waals surface area (Å²) in [5, 5.41) is 11.2. The smallest absolute Gasteiger partial charge is 0.410 e. The topological polar surface area (TPSA) is 62.7 Å². The van der Waals surface area contributed by atoms with Crippen LogP contribution in [0.1, 0.15) is 64.3 Å². The first-order chi connectivity index (χ1) is 11.6. The molecule has 2 aliphatic heterocycles. The summed E-state index contributed by atoms with van der Waals surface area (Å²) in [5.74, 6) is -0.489. The van der Waals surface area contributed by atoms with E-state index in [-0.39, 0.29) is 36.7 Å². The van der Waals surface area contributed by atoms with Gasteiger partial charge in [0.1, 0.15) is 22.7 Å². The molecule has 1 amide bonds. The summed E-state index contributed by atoms with van der Waals surface area (Å²) in [6, 6.07) is 2.63. The molecule has 0 radical (unpaired) electrons. The minimum absolute atomic E-state index is 0.105. The number of aromatic nitrogens is 1. The van der Waals surface area contributed by atoms with Gasteiger partial charge in [-0.25, -0.2) is 9.18 Å². The van der Waals surface area contributed by atoms with Crippen LogP contribution in [0.3, 0.4) is 0 Å². The molecule has 2 bridgehead atoms. The Labute approximate surface area is 148 Å². The lowest BCUT2D eigenvalue weighted by Gasteiger charge is -2.51. The minimum atomic E-state index is -1.34. The number of pyridine rings is 1. The van der Waals surface area contributed by atoms with Gasteiger partial charge in [-0.05, 0) is 59.1 Å². The van der Waals surface area contributed by atoms with Gasteiger partial charge in [0, 0.05) is 30.6 Å². The molecule has 2 atom stereocenters. The summed E-state index contributed by atoms with van der Waals surface area (Å²) in [5.41, 5.74) is -1.13. The Morgan fingerprint density at radius 2 is 1.92 bits per heavy atom. The quantitative estimate of drug-likeness (QED) is 0.839. The molecule has 0 spiro atoms. The number of fused-ring (bicyclic) bond motifs is 2. The lowest BCUT2D eigenvalue weighted by Crippen LogP contribution is -2.59. The van der Waals surface area contributed by atoms with Crippen molar-refractivity contribution in [1.82, 2.24) is 9.88 Å². The Bertz CT molecular complexity index is 657. The first-order valence-corrected chi connectivity index (χ1v) is 8.96. The maximum absolute atomic E-state index is 14.3. The number of carbonyl (C=O) groups is 1. The van der Waals surface area contributed by atoms with Gasteiger partial charge in [0.05, 0.1) is 0 Å². The Morgan fingerprint density at radius 3 is 2.48 bits per heavy atom. The fourth-order valence-corrected chi connectivity index (χ4v) is 4.10. The first-order valence-electron chi connectivity index (χ1n) is 8.96. The highest BCUT2D eigenvalue weighted by Crippen LogP contribution is 2.44. The molecule has 1 N–H and O–H groups in total. The van der Waals surface area contributed by atoms with Gasteiger partial charge in [-0.1, -0.05) is 0 Å². The Kier molecular flexibility index (Phi) is 4.52. The highest BCUT2D eigenvalue weighted by Gasteiger charge is 2.50. The summed E-state index contributed by atoms with van der Waals surface area (Å²) in [6.07, 6.45) is 2.79. The maximum atomic E-state index is 14.3. The number of hydrogen-bond donors (Lipinski definition) is 1.